The number of rotatable bonds is 4. The van der Waals surface area contributed by atoms with Crippen LogP contribution >= 0.6 is 12.4 Å². The van der Waals surface area contributed by atoms with Gasteiger partial charge in [-0.2, -0.15) is 0 Å². The van der Waals surface area contributed by atoms with Crippen molar-refractivity contribution in [2.45, 2.75) is 6.92 Å². The van der Waals surface area contributed by atoms with Gasteiger partial charge < -0.3 is 9.64 Å². The van der Waals surface area contributed by atoms with Crippen molar-refractivity contribution >= 4 is 29.2 Å². The summed E-state index contributed by atoms with van der Waals surface area (Å²) in [6.07, 6.45) is 0. The molecule has 4 nitrogen and oxygen atoms in total. The molecule has 0 aliphatic carbocycles. The number of amides is 1. The number of likely N-dealkylation sites (N-methyl/N-ethyl adjacent to an activating group) is 1. The van der Waals surface area contributed by atoms with Gasteiger partial charge in [0.25, 0.3) is 5.91 Å². The molecule has 3 rings (SSSR count). The van der Waals surface area contributed by atoms with Crippen LogP contribution in [0.5, 0.6) is 5.75 Å². The molecule has 130 valence electrons. The molecular formula is C20H21ClN2O2. The van der Waals surface area contributed by atoms with Gasteiger partial charge in [-0.3, -0.25) is 4.79 Å². The number of aromatic nitrogens is 1. The third-order valence-electron chi connectivity index (χ3n) is 3.93. The summed E-state index contributed by atoms with van der Waals surface area (Å²) in [5, 5.41) is 1.17. The van der Waals surface area contributed by atoms with E-state index >= 15 is 0 Å². The van der Waals surface area contributed by atoms with Crippen molar-refractivity contribution in [3.8, 4) is 17.0 Å². The molecule has 0 N–H and O–H groups in total. The molecule has 0 saturated carbocycles. The molecule has 25 heavy (non-hydrogen) atoms. The maximum atomic E-state index is 11.6. The van der Waals surface area contributed by atoms with E-state index < -0.39 is 0 Å². The van der Waals surface area contributed by atoms with Gasteiger partial charge in [-0.15, -0.1) is 12.4 Å². The molecule has 0 unspecified atom stereocenters. The number of aryl methyl sites for hydroxylation is 1. The van der Waals surface area contributed by atoms with Crippen LogP contribution in [0, 0.1) is 6.92 Å². The Morgan fingerprint density at radius 1 is 1.08 bits per heavy atom. The van der Waals surface area contributed by atoms with E-state index in [1.165, 1.54) is 15.8 Å². The molecule has 3 aromatic rings. The summed E-state index contributed by atoms with van der Waals surface area (Å²) in [5.74, 6) is 0.609. The standard InChI is InChI=1S/C20H20N2O2.ClH/c1-14-12-19(21-18-7-5-4-6-17(14)18)15-8-10-16(11-9-15)24-13-20(23)22(2)3;/h4-12H,13H2,1-3H3;1H. The number of ether oxygens (including phenoxy) is 1. The van der Waals surface area contributed by atoms with Crippen LogP contribution < -0.4 is 4.74 Å². The van der Waals surface area contributed by atoms with E-state index in [0.717, 1.165) is 16.8 Å². The first-order valence-corrected chi connectivity index (χ1v) is 7.84. The molecule has 0 bridgehead atoms. The van der Waals surface area contributed by atoms with Crippen LogP contribution in [-0.4, -0.2) is 36.5 Å². The smallest absolute Gasteiger partial charge is 0.259 e. The van der Waals surface area contributed by atoms with Gasteiger partial charge >= 0.3 is 0 Å². The Labute approximate surface area is 153 Å². The van der Waals surface area contributed by atoms with E-state index in [9.17, 15) is 4.79 Å². The van der Waals surface area contributed by atoms with E-state index in [1.807, 2.05) is 42.5 Å². The predicted molar refractivity (Wildman–Crippen MR) is 103 cm³/mol. The Hall–Kier alpha value is -2.59. The zero-order valence-corrected chi connectivity index (χ0v) is 15.3. The van der Waals surface area contributed by atoms with Gasteiger partial charge in [0.15, 0.2) is 6.61 Å². The lowest BCUT2D eigenvalue weighted by molar-refractivity contribution is -0.130. The predicted octanol–water partition coefficient (Wildman–Crippen LogP) is 4.10. The number of fused-ring (bicyclic) bond motifs is 1. The van der Waals surface area contributed by atoms with Crippen molar-refractivity contribution in [3.63, 3.8) is 0 Å². The van der Waals surface area contributed by atoms with E-state index in [-0.39, 0.29) is 24.9 Å². The first-order valence-electron chi connectivity index (χ1n) is 7.84. The number of nitrogens with zero attached hydrogens (tertiary/aromatic N) is 2. The van der Waals surface area contributed by atoms with Crippen molar-refractivity contribution in [3.05, 3.63) is 60.2 Å². The number of halogens is 1. The van der Waals surface area contributed by atoms with Gasteiger partial charge in [0.2, 0.25) is 0 Å². The molecular weight excluding hydrogens is 336 g/mol. The first kappa shape index (κ1) is 18.7. The molecule has 5 heteroatoms. The van der Waals surface area contributed by atoms with E-state index in [2.05, 4.69) is 19.1 Å². The Bertz CT molecular complexity index is 877. The third kappa shape index (κ3) is 4.28. The second kappa shape index (κ2) is 7.99. The van der Waals surface area contributed by atoms with Gasteiger partial charge in [-0.05, 0) is 48.9 Å². The highest BCUT2D eigenvalue weighted by Crippen LogP contribution is 2.25. The molecule has 0 fully saturated rings. The Morgan fingerprint density at radius 2 is 1.76 bits per heavy atom. The summed E-state index contributed by atoms with van der Waals surface area (Å²) in [5.41, 5.74) is 4.15. The first-order chi connectivity index (χ1) is 11.5. The quantitative estimate of drug-likeness (QED) is 0.706. The maximum absolute atomic E-state index is 11.6. The summed E-state index contributed by atoms with van der Waals surface area (Å²) < 4.78 is 5.50. The summed E-state index contributed by atoms with van der Waals surface area (Å²) in [7, 11) is 3.42. The van der Waals surface area contributed by atoms with Gasteiger partial charge in [-0.1, -0.05) is 18.2 Å². The normalized spacial score (nSPS) is 10.2. The Morgan fingerprint density at radius 3 is 2.44 bits per heavy atom. The van der Waals surface area contributed by atoms with Crippen LogP contribution in [0.3, 0.4) is 0 Å². The lowest BCUT2D eigenvalue weighted by atomic mass is 10.1. The zero-order chi connectivity index (χ0) is 17.1. The van der Waals surface area contributed by atoms with Crippen molar-refractivity contribution in [1.82, 2.24) is 9.88 Å². The highest BCUT2D eigenvalue weighted by Gasteiger charge is 2.07. The van der Waals surface area contributed by atoms with Crippen LogP contribution in [0.15, 0.2) is 54.6 Å². The van der Waals surface area contributed by atoms with E-state index in [4.69, 9.17) is 9.72 Å². The maximum Gasteiger partial charge on any atom is 0.259 e. The number of pyridine rings is 1. The van der Waals surface area contributed by atoms with Crippen molar-refractivity contribution in [2.24, 2.45) is 0 Å². The van der Waals surface area contributed by atoms with Crippen LogP contribution in [0.4, 0.5) is 0 Å². The summed E-state index contributed by atoms with van der Waals surface area (Å²) in [6, 6.07) is 17.9. The molecule has 1 heterocycles. The number of carbonyl (C=O) groups is 1. The van der Waals surface area contributed by atoms with Crippen molar-refractivity contribution in [2.75, 3.05) is 20.7 Å². The van der Waals surface area contributed by atoms with Crippen LogP contribution in [-0.2, 0) is 4.79 Å². The highest BCUT2D eigenvalue weighted by molar-refractivity contribution is 5.85. The fourth-order valence-corrected chi connectivity index (χ4v) is 2.49. The topological polar surface area (TPSA) is 42.4 Å². The van der Waals surface area contributed by atoms with Crippen molar-refractivity contribution < 1.29 is 9.53 Å². The summed E-state index contributed by atoms with van der Waals surface area (Å²) in [6.45, 7) is 2.14. The average molecular weight is 357 g/mol. The largest absolute Gasteiger partial charge is 0.484 e. The number of hydrogen-bond donors (Lipinski definition) is 0. The minimum atomic E-state index is -0.0640. The fourth-order valence-electron chi connectivity index (χ4n) is 2.49. The Balaban J connectivity index is 0.00000225. The fraction of sp³-hybridized carbons (Fsp3) is 0.200. The second-order valence-electron chi connectivity index (χ2n) is 5.94. The molecule has 0 saturated heterocycles. The third-order valence-corrected chi connectivity index (χ3v) is 3.93. The summed E-state index contributed by atoms with van der Waals surface area (Å²) >= 11 is 0. The van der Waals surface area contributed by atoms with Gasteiger partial charge in [-0.25, -0.2) is 4.98 Å². The lowest BCUT2D eigenvalue weighted by Crippen LogP contribution is -2.27. The molecule has 0 atom stereocenters. The average Bonchev–Trinajstić information content (AvgIpc) is 2.60. The molecule has 0 aliphatic rings. The minimum Gasteiger partial charge on any atom is -0.484 e. The molecule has 1 amide bonds. The van der Waals surface area contributed by atoms with Gasteiger partial charge in [0, 0.05) is 25.0 Å². The van der Waals surface area contributed by atoms with Crippen LogP contribution in [0.25, 0.3) is 22.2 Å². The Kier molecular flexibility index (Phi) is 5.99. The molecule has 1 aromatic heterocycles. The molecule has 0 spiro atoms. The molecule has 2 aromatic carbocycles. The van der Waals surface area contributed by atoms with Crippen LogP contribution in [0.2, 0.25) is 0 Å². The second-order valence-corrected chi connectivity index (χ2v) is 5.94. The van der Waals surface area contributed by atoms with Crippen LogP contribution in [0.1, 0.15) is 5.56 Å². The van der Waals surface area contributed by atoms with Crippen molar-refractivity contribution in [1.29, 1.82) is 0 Å². The lowest BCUT2D eigenvalue weighted by Gasteiger charge is -2.12. The van der Waals surface area contributed by atoms with Gasteiger partial charge in [0.1, 0.15) is 5.75 Å². The monoisotopic (exact) mass is 356 g/mol. The highest BCUT2D eigenvalue weighted by atomic mass is 35.5. The number of benzene rings is 2. The number of hydrogen-bond acceptors (Lipinski definition) is 3. The van der Waals surface area contributed by atoms with Gasteiger partial charge in [0.05, 0.1) is 11.2 Å². The van der Waals surface area contributed by atoms with E-state index in [0.29, 0.717) is 5.75 Å². The number of carbonyl (C=O) groups excluding carboxylic acids is 1. The minimum absolute atomic E-state index is 0. The van der Waals surface area contributed by atoms with E-state index in [1.54, 1.807) is 14.1 Å². The molecule has 0 aliphatic heterocycles. The SMILES string of the molecule is Cc1cc(-c2ccc(OCC(=O)N(C)C)cc2)nc2ccccc12.Cl. The number of para-hydroxylation sites is 1. The zero-order valence-electron chi connectivity index (χ0n) is 14.5. The summed E-state index contributed by atoms with van der Waals surface area (Å²) in [4.78, 5) is 17.8. The molecule has 0 radical (unpaired) electrons.